The van der Waals surface area contributed by atoms with Gasteiger partial charge in [-0.2, -0.15) is 0 Å². The van der Waals surface area contributed by atoms with Crippen molar-refractivity contribution in [2.45, 2.75) is 52.4 Å². The molecule has 2 aromatic carbocycles. The number of rotatable bonds is 8. The van der Waals surface area contributed by atoms with E-state index in [0.717, 1.165) is 18.5 Å². The second kappa shape index (κ2) is 9.33. The van der Waals surface area contributed by atoms with Crippen molar-refractivity contribution < 1.29 is 0 Å². The lowest BCUT2D eigenvalue weighted by Gasteiger charge is -2.07. The van der Waals surface area contributed by atoms with E-state index in [1.807, 2.05) is 6.20 Å². The van der Waals surface area contributed by atoms with Crippen molar-refractivity contribution in [3.8, 4) is 22.4 Å². The van der Waals surface area contributed by atoms with Gasteiger partial charge in [-0.25, -0.2) is 0 Å². The van der Waals surface area contributed by atoms with Gasteiger partial charge in [-0.3, -0.25) is 4.98 Å². The Balaban J connectivity index is 1.68. The van der Waals surface area contributed by atoms with Crippen molar-refractivity contribution in [1.29, 1.82) is 0 Å². The summed E-state index contributed by atoms with van der Waals surface area (Å²) in [5.41, 5.74) is 7.51. The molecule has 3 rings (SSSR count). The molecule has 0 saturated heterocycles. The normalized spacial score (nSPS) is 10.8. The van der Waals surface area contributed by atoms with E-state index in [1.54, 1.807) is 0 Å². The minimum atomic E-state index is 1.04. The number of nitrogens with zero attached hydrogens (tertiary/aromatic N) is 1. The van der Waals surface area contributed by atoms with Gasteiger partial charge in [0.05, 0.1) is 5.69 Å². The maximum absolute atomic E-state index is 4.62. The van der Waals surface area contributed by atoms with Crippen LogP contribution in [-0.4, -0.2) is 4.98 Å². The number of unbranched alkanes of at least 4 members (excludes halogenated alkanes) is 2. The second-order valence-corrected chi connectivity index (χ2v) is 7.03. The van der Waals surface area contributed by atoms with Gasteiger partial charge in [-0.1, -0.05) is 87.7 Å². The smallest absolute Gasteiger partial charge is 0.0702 e. The van der Waals surface area contributed by atoms with Crippen molar-refractivity contribution >= 4 is 0 Å². The van der Waals surface area contributed by atoms with Crippen LogP contribution in [-0.2, 0) is 12.8 Å². The molecule has 134 valence electrons. The Hall–Kier alpha value is -2.41. The number of pyridine rings is 1. The standard InChI is InChI=1S/C25H29N/c1-3-5-6-8-20-9-12-22(13-10-20)23-14-16-24(17-15-23)25-18-11-21(7-4-2)19-26-25/h9-19H,3-8H2,1-2H3. The maximum atomic E-state index is 4.62. The Morgan fingerprint density at radius 1 is 0.577 bits per heavy atom. The van der Waals surface area contributed by atoms with Gasteiger partial charge < -0.3 is 0 Å². The second-order valence-electron chi connectivity index (χ2n) is 7.03. The summed E-state index contributed by atoms with van der Waals surface area (Å²) < 4.78 is 0. The third kappa shape index (κ3) is 4.82. The van der Waals surface area contributed by atoms with E-state index in [9.17, 15) is 0 Å². The highest BCUT2D eigenvalue weighted by Crippen LogP contribution is 2.24. The van der Waals surface area contributed by atoms with Crippen LogP contribution in [0.1, 0.15) is 50.7 Å². The lowest BCUT2D eigenvalue weighted by Crippen LogP contribution is -1.88. The van der Waals surface area contributed by atoms with E-state index in [2.05, 4.69) is 79.5 Å². The fourth-order valence-electron chi connectivity index (χ4n) is 3.31. The molecule has 0 bridgehead atoms. The highest BCUT2D eigenvalue weighted by atomic mass is 14.7. The van der Waals surface area contributed by atoms with Crippen LogP contribution >= 0.6 is 0 Å². The summed E-state index contributed by atoms with van der Waals surface area (Å²) in [6.45, 7) is 4.45. The SMILES string of the molecule is CCCCCc1ccc(-c2ccc(-c3ccc(CCC)cn3)cc2)cc1. The van der Waals surface area contributed by atoms with Gasteiger partial charge in [-0.15, -0.1) is 0 Å². The molecule has 0 saturated carbocycles. The largest absolute Gasteiger partial charge is 0.256 e. The van der Waals surface area contributed by atoms with Gasteiger partial charge in [0.1, 0.15) is 0 Å². The van der Waals surface area contributed by atoms with Gasteiger partial charge in [0.15, 0.2) is 0 Å². The van der Waals surface area contributed by atoms with E-state index in [1.165, 1.54) is 53.5 Å². The molecule has 0 atom stereocenters. The third-order valence-corrected chi connectivity index (χ3v) is 4.90. The molecule has 0 fully saturated rings. The zero-order valence-corrected chi connectivity index (χ0v) is 16.0. The molecular formula is C25H29N. The van der Waals surface area contributed by atoms with E-state index in [-0.39, 0.29) is 0 Å². The van der Waals surface area contributed by atoms with Crippen LogP contribution in [0.2, 0.25) is 0 Å². The Morgan fingerprint density at radius 2 is 1.19 bits per heavy atom. The van der Waals surface area contributed by atoms with E-state index >= 15 is 0 Å². The molecule has 1 heteroatoms. The zero-order valence-electron chi connectivity index (χ0n) is 16.0. The molecular weight excluding hydrogens is 314 g/mol. The number of hydrogen-bond donors (Lipinski definition) is 0. The molecule has 0 spiro atoms. The number of aryl methyl sites for hydroxylation is 2. The molecule has 0 unspecified atom stereocenters. The molecule has 0 N–H and O–H groups in total. The first-order chi connectivity index (χ1) is 12.8. The first kappa shape index (κ1) is 18.4. The monoisotopic (exact) mass is 343 g/mol. The molecule has 0 aliphatic heterocycles. The summed E-state index contributed by atoms with van der Waals surface area (Å²) in [4.78, 5) is 4.62. The van der Waals surface area contributed by atoms with E-state index in [4.69, 9.17) is 0 Å². The maximum Gasteiger partial charge on any atom is 0.0702 e. The van der Waals surface area contributed by atoms with Crippen LogP contribution in [0.3, 0.4) is 0 Å². The lowest BCUT2D eigenvalue weighted by molar-refractivity contribution is 0.717. The molecule has 1 nitrogen and oxygen atoms in total. The zero-order chi connectivity index (χ0) is 18.2. The first-order valence-electron chi connectivity index (χ1n) is 9.95. The van der Waals surface area contributed by atoms with Crippen LogP contribution in [0.5, 0.6) is 0 Å². The summed E-state index contributed by atoms with van der Waals surface area (Å²) in [6.07, 6.45) is 9.33. The predicted octanol–water partition coefficient (Wildman–Crippen LogP) is 7.10. The van der Waals surface area contributed by atoms with Gasteiger partial charge in [0.25, 0.3) is 0 Å². The van der Waals surface area contributed by atoms with Crippen LogP contribution in [0, 0.1) is 0 Å². The third-order valence-electron chi connectivity index (χ3n) is 4.90. The topological polar surface area (TPSA) is 12.9 Å². The van der Waals surface area contributed by atoms with Gasteiger partial charge >= 0.3 is 0 Å². The summed E-state index contributed by atoms with van der Waals surface area (Å²) in [5, 5.41) is 0. The molecule has 0 amide bonds. The quantitative estimate of drug-likeness (QED) is 0.397. The molecule has 26 heavy (non-hydrogen) atoms. The highest BCUT2D eigenvalue weighted by molar-refractivity contribution is 5.69. The number of hydrogen-bond acceptors (Lipinski definition) is 1. The van der Waals surface area contributed by atoms with Gasteiger partial charge in [0, 0.05) is 11.8 Å². The van der Waals surface area contributed by atoms with Crippen molar-refractivity contribution in [3.05, 3.63) is 78.0 Å². The minimum absolute atomic E-state index is 1.04. The van der Waals surface area contributed by atoms with Gasteiger partial charge in [0.2, 0.25) is 0 Å². The molecule has 1 heterocycles. The molecule has 0 aliphatic carbocycles. The molecule has 1 aromatic heterocycles. The summed E-state index contributed by atoms with van der Waals surface area (Å²) in [5.74, 6) is 0. The molecule has 0 aliphatic rings. The van der Waals surface area contributed by atoms with Crippen LogP contribution < -0.4 is 0 Å². The fraction of sp³-hybridized carbons (Fsp3) is 0.320. The lowest BCUT2D eigenvalue weighted by atomic mass is 9.99. The summed E-state index contributed by atoms with van der Waals surface area (Å²) in [6, 6.07) is 22.1. The average molecular weight is 344 g/mol. The van der Waals surface area contributed by atoms with Crippen molar-refractivity contribution in [1.82, 2.24) is 4.98 Å². The summed E-state index contributed by atoms with van der Waals surface area (Å²) in [7, 11) is 0. The van der Waals surface area contributed by atoms with Gasteiger partial charge in [-0.05, 0) is 47.6 Å². The Bertz CT molecular complexity index is 783. The number of aromatic nitrogens is 1. The highest BCUT2D eigenvalue weighted by Gasteiger charge is 2.02. The van der Waals surface area contributed by atoms with Crippen LogP contribution in [0.25, 0.3) is 22.4 Å². The minimum Gasteiger partial charge on any atom is -0.256 e. The van der Waals surface area contributed by atoms with Crippen molar-refractivity contribution in [2.24, 2.45) is 0 Å². The van der Waals surface area contributed by atoms with Crippen LogP contribution in [0.15, 0.2) is 66.9 Å². The summed E-state index contributed by atoms with van der Waals surface area (Å²) >= 11 is 0. The fourth-order valence-corrected chi connectivity index (χ4v) is 3.31. The first-order valence-corrected chi connectivity index (χ1v) is 9.95. The van der Waals surface area contributed by atoms with E-state index < -0.39 is 0 Å². The average Bonchev–Trinajstić information content (AvgIpc) is 2.70. The van der Waals surface area contributed by atoms with Crippen molar-refractivity contribution in [3.63, 3.8) is 0 Å². The predicted molar refractivity (Wildman–Crippen MR) is 112 cm³/mol. The van der Waals surface area contributed by atoms with Crippen LogP contribution in [0.4, 0.5) is 0 Å². The Morgan fingerprint density at radius 3 is 1.77 bits per heavy atom. The Labute approximate surface area is 158 Å². The number of benzene rings is 2. The molecule has 0 radical (unpaired) electrons. The Kier molecular flexibility index (Phi) is 6.60. The molecule has 3 aromatic rings. The van der Waals surface area contributed by atoms with Crippen molar-refractivity contribution in [2.75, 3.05) is 0 Å². The van der Waals surface area contributed by atoms with E-state index in [0.29, 0.717) is 0 Å².